The summed E-state index contributed by atoms with van der Waals surface area (Å²) >= 11 is 0. The van der Waals surface area contributed by atoms with Crippen LogP contribution in [0.5, 0.6) is 0 Å². The fraction of sp³-hybridized carbons (Fsp3) is 0.273. The van der Waals surface area contributed by atoms with Crippen LogP contribution in [-0.2, 0) is 22.7 Å². The van der Waals surface area contributed by atoms with Gasteiger partial charge in [0.1, 0.15) is 0 Å². The molecule has 27 heavy (non-hydrogen) atoms. The van der Waals surface area contributed by atoms with Gasteiger partial charge in [0.2, 0.25) is 11.8 Å². The molecule has 5 nitrogen and oxygen atoms in total. The smallest absolute Gasteiger partial charge is 0.244 e. The van der Waals surface area contributed by atoms with Gasteiger partial charge in [-0.1, -0.05) is 54.6 Å². The average Bonchev–Trinajstić information content (AvgIpc) is 2.66. The standard InChI is InChI=1S/C22H27N3O2/c1-25(2)17-20-11-7-6-10-19(20)16-24-22(27)14-15-23-21(26)13-12-18-8-4-3-5-9-18/h3-13H,14-17H2,1-2H3,(H,23,26)(H,24,27)/b13-12+. The Morgan fingerprint density at radius 2 is 1.59 bits per heavy atom. The van der Waals surface area contributed by atoms with Gasteiger partial charge in [0.15, 0.2) is 0 Å². The van der Waals surface area contributed by atoms with Gasteiger partial charge in [-0.05, 0) is 36.9 Å². The molecule has 0 aliphatic rings. The van der Waals surface area contributed by atoms with Crippen LogP contribution in [0, 0.1) is 0 Å². The summed E-state index contributed by atoms with van der Waals surface area (Å²) in [7, 11) is 4.04. The molecule has 0 aliphatic carbocycles. The predicted octanol–water partition coefficient (Wildman–Crippen LogP) is 2.58. The number of carbonyl (C=O) groups is 2. The van der Waals surface area contributed by atoms with Gasteiger partial charge in [0, 0.05) is 32.1 Å². The van der Waals surface area contributed by atoms with E-state index in [1.165, 1.54) is 11.6 Å². The van der Waals surface area contributed by atoms with Crippen LogP contribution in [0.1, 0.15) is 23.1 Å². The number of nitrogens with zero attached hydrogens (tertiary/aromatic N) is 1. The number of hydrogen-bond acceptors (Lipinski definition) is 3. The van der Waals surface area contributed by atoms with E-state index in [1.54, 1.807) is 6.08 Å². The third kappa shape index (κ3) is 7.88. The maximum Gasteiger partial charge on any atom is 0.244 e. The summed E-state index contributed by atoms with van der Waals surface area (Å²) < 4.78 is 0. The Morgan fingerprint density at radius 1 is 0.926 bits per heavy atom. The fourth-order valence-electron chi connectivity index (χ4n) is 2.60. The van der Waals surface area contributed by atoms with E-state index in [0.29, 0.717) is 13.1 Å². The van der Waals surface area contributed by atoms with E-state index in [2.05, 4.69) is 21.6 Å². The van der Waals surface area contributed by atoms with Crippen LogP contribution in [0.4, 0.5) is 0 Å². The Morgan fingerprint density at radius 3 is 2.30 bits per heavy atom. The molecule has 0 atom stereocenters. The lowest BCUT2D eigenvalue weighted by atomic mass is 10.1. The maximum absolute atomic E-state index is 12.0. The number of hydrogen-bond donors (Lipinski definition) is 2. The number of rotatable bonds is 9. The Kier molecular flexibility index (Phi) is 8.26. The normalized spacial score (nSPS) is 10.9. The molecule has 0 saturated carbocycles. The van der Waals surface area contributed by atoms with Crippen molar-refractivity contribution in [3.8, 4) is 0 Å². The first kappa shape index (κ1) is 20.4. The van der Waals surface area contributed by atoms with E-state index >= 15 is 0 Å². The van der Waals surface area contributed by atoms with Gasteiger partial charge in [0.05, 0.1) is 0 Å². The maximum atomic E-state index is 12.0. The van der Waals surface area contributed by atoms with Crippen LogP contribution in [0.15, 0.2) is 60.7 Å². The van der Waals surface area contributed by atoms with E-state index in [0.717, 1.165) is 17.7 Å². The second-order valence-electron chi connectivity index (χ2n) is 6.57. The average molecular weight is 365 g/mol. The van der Waals surface area contributed by atoms with Crippen LogP contribution >= 0.6 is 0 Å². The largest absolute Gasteiger partial charge is 0.352 e. The first-order valence-electron chi connectivity index (χ1n) is 9.04. The van der Waals surface area contributed by atoms with Crippen molar-refractivity contribution in [2.45, 2.75) is 19.5 Å². The molecule has 0 spiro atoms. The minimum atomic E-state index is -0.206. The zero-order valence-corrected chi connectivity index (χ0v) is 15.9. The highest BCUT2D eigenvalue weighted by Crippen LogP contribution is 2.10. The molecule has 2 rings (SSSR count). The summed E-state index contributed by atoms with van der Waals surface area (Å²) in [6.07, 6.45) is 3.47. The van der Waals surface area contributed by atoms with Gasteiger partial charge in [-0.15, -0.1) is 0 Å². The Labute approximate surface area is 161 Å². The molecule has 5 heteroatoms. The number of carbonyl (C=O) groups excluding carboxylic acids is 2. The number of benzene rings is 2. The van der Waals surface area contributed by atoms with Crippen molar-refractivity contribution in [1.82, 2.24) is 15.5 Å². The number of amides is 2. The molecule has 0 radical (unpaired) electrons. The molecule has 2 aromatic carbocycles. The lowest BCUT2D eigenvalue weighted by Crippen LogP contribution is -2.30. The van der Waals surface area contributed by atoms with E-state index in [4.69, 9.17) is 0 Å². The molecule has 0 fully saturated rings. The molecule has 0 aliphatic heterocycles. The third-order valence-corrected chi connectivity index (χ3v) is 3.96. The Hall–Kier alpha value is -2.92. The molecular weight excluding hydrogens is 338 g/mol. The van der Waals surface area contributed by atoms with Crippen molar-refractivity contribution in [2.75, 3.05) is 20.6 Å². The van der Waals surface area contributed by atoms with Crippen molar-refractivity contribution in [3.63, 3.8) is 0 Å². The highest BCUT2D eigenvalue weighted by molar-refractivity contribution is 5.92. The summed E-state index contributed by atoms with van der Waals surface area (Å²) in [6, 6.07) is 17.7. The zero-order chi connectivity index (χ0) is 19.5. The van der Waals surface area contributed by atoms with Crippen LogP contribution in [0.25, 0.3) is 6.08 Å². The van der Waals surface area contributed by atoms with Gasteiger partial charge in [-0.2, -0.15) is 0 Å². The van der Waals surface area contributed by atoms with Crippen molar-refractivity contribution in [1.29, 1.82) is 0 Å². The van der Waals surface area contributed by atoms with Gasteiger partial charge in [0.25, 0.3) is 0 Å². The first-order valence-corrected chi connectivity index (χ1v) is 9.04. The van der Waals surface area contributed by atoms with Crippen LogP contribution in [0.2, 0.25) is 0 Å². The van der Waals surface area contributed by atoms with Crippen molar-refractivity contribution < 1.29 is 9.59 Å². The van der Waals surface area contributed by atoms with E-state index < -0.39 is 0 Å². The van der Waals surface area contributed by atoms with E-state index in [-0.39, 0.29) is 18.2 Å². The molecule has 0 heterocycles. The van der Waals surface area contributed by atoms with Gasteiger partial charge < -0.3 is 15.5 Å². The topological polar surface area (TPSA) is 61.4 Å². The molecular formula is C22H27N3O2. The van der Waals surface area contributed by atoms with Gasteiger partial charge in [-0.3, -0.25) is 9.59 Å². The summed E-state index contributed by atoms with van der Waals surface area (Å²) in [5.74, 6) is -0.287. The highest BCUT2D eigenvalue weighted by Gasteiger charge is 2.06. The van der Waals surface area contributed by atoms with Crippen molar-refractivity contribution in [3.05, 3.63) is 77.4 Å². The molecule has 2 amide bonds. The Balaban J connectivity index is 1.71. The second kappa shape index (κ2) is 10.9. The molecule has 0 saturated heterocycles. The van der Waals surface area contributed by atoms with Gasteiger partial charge >= 0.3 is 0 Å². The van der Waals surface area contributed by atoms with Gasteiger partial charge in [-0.25, -0.2) is 0 Å². The molecule has 0 unspecified atom stereocenters. The minimum absolute atomic E-state index is 0.0815. The van der Waals surface area contributed by atoms with Crippen LogP contribution in [0.3, 0.4) is 0 Å². The fourth-order valence-corrected chi connectivity index (χ4v) is 2.60. The summed E-state index contributed by atoms with van der Waals surface area (Å²) in [6.45, 7) is 1.63. The van der Waals surface area contributed by atoms with Crippen LogP contribution in [-0.4, -0.2) is 37.4 Å². The molecule has 2 N–H and O–H groups in total. The van der Waals surface area contributed by atoms with Crippen molar-refractivity contribution in [2.24, 2.45) is 0 Å². The molecule has 0 aromatic heterocycles. The third-order valence-electron chi connectivity index (χ3n) is 3.96. The monoisotopic (exact) mass is 365 g/mol. The van der Waals surface area contributed by atoms with E-state index in [1.807, 2.05) is 62.6 Å². The minimum Gasteiger partial charge on any atom is -0.352 e. The molecule has 2 aromatic rings. The first-order chi connectivity index (χ1) is 13.0. The summed E-state index contributed by atoms with van der Waals surface area (Å²) in [4.78, 5) is 25.9. The highest BCUT2D eigenvalue weighted by atomic mass is 16.2. The SMILES string of the molecule is CN(C)Cc1ccccc1CNC(=O)CCNC(=O)/C=C/c1ccccc1. The quantitative estimate of drug-likeness (QED) is 0.672. The summed E-state index contributed by atoms with van der Waals surface area (Å²) in [5.41, 5.74) is 3.26. The van der Waals surface area contributed by atoms with E-state index in [9.17, 15) is 9.59 Å². The second-order valence-corrected chi connectivity index (χ2v) is 6.57. The molecule has 0 bridgehead atoms. The zero-order valence-electron chi connectivity index (χ0n) is 15.9. The lowest BCUT2D eigenvalue weighted by molar-refractivity contribution is -0.121. The summed E-state index contributed by atoms with van der Waals surface area (Å²) in [5, 5.41) is 5.64. The van der Waals surface area contributed by atoms with Crippen LogP contribution < -0.4 is 10.6 Å². The molecule has 142 valence electrons. The number of nitrogens with one attached hydrogen (secondary N) is 2. The lowest BCUT2D eigenvalue weighted by Gasteiger charge is -2.14. The predicted molar refractivity (Wildman–Crippen MR) is 109 cm³/mol. The Bertz CT molecular complexity index is 770. The van der Waals surface area contributed by atoms with Crippen molar-refractivity contribution >= 4 is 17.9 Å².